The third-order valence-electron chi connectivity index (χ3n) is 2.99. The molecule has 1 rings (SSSR count). The van der Waals surface area contributed by atoms with Gasteiger partial charge in [0.25, 0.3) is 5.91 Å². The van der Waals surface area contributed by atoms with Crippen LogP contribution in [0.15, 0.2) is 12.3 Å². The fourth-order valence-electron chi connectivity index (χ4n) is 1.87. The van der Waals surface area contributed by atoms with Crippen LogP contribution in [0, 0.1) is 0 Å². The summed E-state index contributed by atoms with van der Waals surface area (Å²) in [6, 6.07) is 1.77. The van der Waals surface area contributed by atoms with E-state index >= 15 is 0 Å². The second kappa shape index (κ2) is 7.87. The number of nitrogens with one attached hydrogen (secondary N) is 1. The molecule has 5 heteroatoms. The van der Waals surface area contributed by atoms with Gasteiger partial charge in [-0.15, -0.1) is 0 Å². The van der Waals surface area contributed by atoms with Gasteiger partial charge in [0.05, 0.1) is 0 Å². The lowest BCUT2D eigenvalue weighted by atomic mass is 10.3. The molecule has 1 aromatic rings. The van der Waals surface area contributed by atoms with Gasteiger partial charge in [0.1, 0.15) is 5.69 Å². The first-order valence-electron chi connectivity index (χ1n) is 6.75. The highest BCUT2D eigenvalue weighted by Crippen LogP contribution is 2.00. The van der Waals surface area contributed by atoms with Crippen LogP contribution < -0.4 is 5.32 Å². The quantitative estimate of drug-likeness (QED) is 0.760. The first-order chi connectivity index (χ1) is 8.72. The predicted molar refractivity (Wildman–Crippen MR) is 72.6 cm³/mol. The minimum absolute atomic E-state index is 0.0342. The molecule has 0 aromatic carbocycles. The predicted octanol–water partition coefficient (Wildman–Crippen LogP) is 1.36. The monoisotopic (exact) mass is 252 g/mol. The zero-order valence-corrected chi connectivity index (χ0v) is 11.6. The Morgan fingerprint density at radius 3 is 2.72 bits per heavy atom. The Morgan fingerprint density at radius 1 is 1.39 bits per heavy atom. The summed E-state index contributed by atoms with van der Waals surface area (Å²) in [5.74, 6) is -0.0342. The molecule has 0 saturated heterocycles. The van der Waals surface area contributed by atoms with Crippen molar-refractivity contribution >= 4 is 5.91 Å². The maximum atomic E-state index is 12.0. The van der Waals surface area contributed by atoms with Gasteiger partial charge >= 0.3 is 0 Å². The van der Waals surface area contributed by atoms with Crippen LogP contribution in [-0.4, -0.2) is 46.8 Å². The molecule has 0 bridgehead atoms. The number of rotatable bonds is 8. The second-order valence-corrected chi connectivity index (χ2v) is 4.22. The molecule has 1 N–H and O–H groups in total. The van der Waals surface area contributed by atoms with Gasteiger partial charge in [0, 0.05) is 25.8 Å². The zero-order chi connectivity index (χ0) is 13.4. The van der Waals surface area contributed by atoms with Gasteiger partial charge in [-0.05, 0) is 25.6 Å². The third kappa shape index (κ3) is 4.14. The maximum absolute atomic E-state index is 12.0. The van der Waals surface area contributed by atoms with Crippen molar-refractivity contribution in [3.05, 3.63) is 18.0 Å². The van der Waals surface area contributed by atoms with Crippen LogP contribution in [0.2, 0.25) is 0 Å². The van der Waals surface area contributed by atoms with Gasteiger partial charge in [-0.2, -0.15) is 5.10 Å². The normalized spacial score (nSPS) is 10.9. The molecule has 1 amide bonds. The SMILES string of the molecule is CCCn1nccc1C(=O)NCCN(CC)CC. The van der Waals surface area contributed by atoms with Crippen molar-refractivity contribution in [2.24, 2.45) is 0 Å². The molecule has 0 spiro atoms. The number of nitrogens with zero attached hydrogens (tertiary/aromatic N) is 3. The minimum atomic E-state index is -0.0342. The highest BCUT2D eigenvalue weighted by atomic mass is 16.2. The lowest BCUT2D eigenvalue weighted by Crippen LogP contribution is -2.35. The average Bonchev–Trinajstić information content (AvgIpc) is 2.83. The Labute approximate surface area is 109 Å². The number of carbonyl (C=O) groups excluding carboxylic acids is 1. The summed E-state index contributed by atoms with van der Waals surface area (Å²) in [5, 5.41) is 7.09. The molecule has 102 valence electrons. The standard InChI is InChI=1S/C13H24N4O/c1-4-10-17-12(7-8-15-17)13(18)14-9-11-16(5-2)6-3/h7-8H,4-6,9-11H2,1-3H3,(H,14,18). The molecule has 0 fully saturated rings. The smallest absolute Gasteiger partial charge is 0.269 e. The summed E-state index contributed by atoms with van der Waals surface area (Å²) in [4.78, 5) is 14.3. The molecule has 1 heterocycles. The van der Waals surface area contributed by atoms with E-state index in [0.717, 1.165) is 32.6 Å². The first-order valence-corrected chi connectivity index (χ1v) is 6.75. The molecule has 0 aliphatic heterocycles. The van der Waals surface area contributed by atoms with Crippen LogP contribution in [0.1, 0.15) is 37.7 Å². The molecule has 5 nitrogen and oxygen atoms in total. The van der Waals surface area contributed by atoms with E-state index in [1.165, 1.54) is 0 Å². The minimum Gasteiger partial charge on any atom is -0.349 e. The van der Waals surface area contributed by atoms with Gasteiger partial charge in [0.2, 0.25) is 0 Å². The number of amides is 1. The molecule has 0 atom stereocenters. The molecule has 0 radical (unpaired) electrons. The van der Waals surface area contributed by atoms with Crippen LogP contribution >= 0.6 is 0 Å². The molecule has 0 saturated carbocycles. The summed E-state index contributed by atoms with van der Waals surface area (Å²) in [6.07, 6.45) is 2.65. The molecular weight excluding hydrogens is 228 g/mol. The maximum Gasteiger partial charge on any atom is 0.269 e. The van der Waals surface area contributed by atoms with Gasteiger partial charge in [-0.3, -0.25) is 9.48 Å². The van der Waals surface area contributed by atoms with Crippen molar-refractivity contribution in [2.75, 3.05) is 26.2 Å². The number of carbonyl (C=O) groups is 1. The van der Waals surface area contributed by atoms with Crippen molar-refractivity contribution in [3.63, 3.8) is 0 Å². The van der Waals surface area contributed by atoms with Crippen molar-refractivity contribution in [2.45, 2.75) is 33.7 Å². The van der Waals surface area contributed by atoms with E-state index in [1.54, 1.807) is 16.9 Å². The molecule has 18 heavy (non-hydrogen) atoms. The van der Waals surface area contributed by atoms with Crippen molar-refractivity contribution < 1.29 is 4.79 Å². The van der Waals surface area contributed by atoms with Crippen molar-refractivity contribution in [1.82, 2.24) is 20.0 Å². The Kier molecular flexibility index (Phi) is 6.43. The number of hydrogen-bond donors (Lipinski definition) is 1. The van der Waals surface area contributed by atoms with Crippen LogP contribution in [-0.2, 0) is 6.54 Å². The van der Waals surface area contributed by atoms with E-state index in [2.05, 4.69) is 36.1 Å². The van der Waals surface area contributed by atoms with Crippen LogP contribution in [0.25, 0.3) is 0 Å². The van der Waals surface area contributed by atoms with E-state index < -0.39 is 0 Å². The number of likely N-dealkylation sites (N-methyl/N-ethyl adjacent to an activating group) is 1. The molecule has 0 aliphatic rings. The average molecular weight is 252 g/mol. The van der Waals surface area contributed by atoms with Gasteiger partial charge in [-0.25, -0.2) is 0 Å². The third-order valence-corrected chi connectivity index (χ3v) is 2.99. The Bertz CT molecular complexity index is 358. The lowest BCUT2D eigenvalue weighted by molar-refractivity contribution is 0.0938. The topological polar surface area (TPSA) is 50.2 Å². The number of hydrogen-bond acceptors (Lipinski definition) is 3. The van der Waals surface area contributed by atoms with Gasteiger partial charge in [0.15, 0.2) is 0 Å². The van der Waals surface area contributed by atoms with Crippen LogP contribution in [0.4, 0.5) is 0 Å². The number of aromatic nitrogens is 2. The van der Waals surface area contributed by atoms with Crippen LogP contribution in [0.3, 0.4) is 0 Å². The fourth-order valence-corrected chi connectivity index (χ4v) is 1.87. The number of aryl methyl sites for hydroxylation is 1. The van der Waals surface area contributed by atoms with E-state index in [1.807, 2.05) is 0 Å². The van der Waals surface area contributed by atoms with Crippen molar-refractivity contribution in [1.29, 1.82) is 0 Å². The summed E-state index contributed by atoms with van der Waals surface area (Å²) in [6.45, 7) is 10.7. The zero-order valence-electron chi connectivity index (χ0n) is 11.6. The molecule has 1 aromatic heterocycles. The Hall–Kier alpha value is -1.36. The molecule has 0 aliphatic carbocycles. The van der Waals surface area contributed by atoms with E-state index in [-0.39, 0.29) is 5.91 Å². The first kappa shape index (κ1) is 14.7. The summed E-state index contributed by atoms with van der Waals surface area (Å²) in [5.41, 5.74) is 0.649. The summed E-state index contributed by atoms with van der Waals surface area (Å²) >= 11 is 0. The highest BCUT2D eigenvalue weighted by molar-refractivity contribution is 5.92. The Morgan fingerprint density at radius 2 is 2.11 bits per heavy atom. The van der Waals surface area contributed by atoms with E-state index in [4.69, 9.17) is 0 Å². The summed E-state index contributed by atoms with van der Waals surface area (Å²) in [7, 11) is 0. The van der Waals surface area contributed by atoms with Crippen molar-refractivity contribution in [3.8, 4) is 0 Å². The van der Waals surface area contributed by atoms with E-state index in [0.29, 0.717) is 12.2 Å². The van der Waals surface area contributed by atoms with E-state index in [9.17, 15) is 4.79 Å². The molecule has 0 unspecified atom stereocenters. The highest BCUT2D eigenvalue weighted by Gasteiger charge is 2.11. The largest absolute Gasteiger partial charge is 0.349 e. The fraction of sp³-hybridized carbons (Fsp3) is 0.692. The van der Waals surface area contributed by atoms with Gasteiger partial charge in [-0.1, -0.05) is 20.8 Å². The summed E-state index contributed by atoms with van der Waals surface area (Å²) < 4.78 is 1.76. The lowest BCUT2D eigenvalue weighted by Gasteiger charge is -2.18. The second-order valence-electron chi connectivity index (χ2n) is 4.22. The van der Waals surface area contributed by atoms with Gasteiger partial charge < -0.3 is 10.2 Å². The Balaban J connectivity index is 2.42. The van der Waals surface area contributed by atoms with Crippen LogP contribution in [0.5, 0.6) is 0 Å². The molecular formula is C13H24N4O.